The lowest BCUT2D eigenvalue weighted by Crippen LogP contribution is -2.50. The topological polar surface area (TPSA) is 6.48 Å². The van der Waals surface area contributed by atoms with Gasteiger partial charge in [0.1, 0.15) is 0 Å². The quantitative estimate of drug-likeness (QED) is 0.729. The van der Waals surface area contributed by atoms with Crippen LogP contribution >= 0.6 is 15.9 Å². The molecule has 1 aliphatic carbocycles. The van der Waals surface area contributed by atoms with Gasteiger partial charge in [-0.05, 0) is 70.1 Å². The summed E-state index contributed by atoms with van der Waals surface area (Å²) in [6, 6.07) is 0.901. The Bertz CT molecular complexity index is 271. The van der Waals surface area contributed by atoms with Crippen LogP contribution in [0.3, 0.4) is 0 Å². The third-order valence-corrected chi connectivity index (χ3v) is 6.91. The fraction of sp³-hybridized carbons (Fsp3) is 1.00. The first-order valence-corrected chi connectivity index (χ1v) is 9.46. The number of halogens is 1. The Hall–Kier alpha value is 0.400. The van der Waals surface area contributed by atoms with Gasteiger partial charge in [-0.3, -0.25) is 0 Å². The zero-order chi connectivity index (χ0) is 13.1. The Morgan fingerprint density at radius 3 is 2.11 bits per heavy atom. The summed E-state index contributed by atoms with van der Waals surface area (Å²) >= 11 is 3.75. The largest absolute Gasteiger partial charge is 0.303 e. The van der Waals surface area contributed by atoms with E-state index in [0.717, 1.165) is 6.04 Å². The minimum Gasteiger partial charge on any atom is -0.303 e. The molecule has 0 amide bonds. The highest BCUT2D eigenvalue weighted by Gasteiger charge is 2.38. The number of hydrogen-bond acceptors (Lipinski definition) is 2. The summed E-state index contributed by atoms with van der Waals surface area (Å²) in [5, 5.41) is 1.21. The lowest BCUT2D eigenvalue weighted by atomic mass is 9.70. The molecule has 3 fully saturated rings. The van der Waals surface area contributed by atoms with Gasteiger partial charge < -0.3 is 9.80 Å². The second kappa shape index (κ2) is 6.44. The fourth-order valence-corrected chi connectivity index (χ4v) is 4.95. The summed E-state index contributed by atoms with van der Waals surface area (Å²) in [4.78, 5) is 5.53. The Morgan fingerprint density at radius 2 is 1.58 bits per heavy atom. The number of rotatable bonds is 4. The third kappa shape index (κ3) is 3.36. The average molecular weight is 329 g/mol. The first kappa shape index (κ1) is 14.3. The fourth-order valence-electron chi connectivity index (χ4n) is 4.21. The lowest BCUT2D eigenvalue weighted by molar-refractivity contribution is 0.0459. The van der Waals surface area contributed by atoms with Crippen molar-refractivity contribution in [2.24, 2.45) is 5.41 Å². The van der Waals surface area contributed by atoms with Crippen LogP contribution in [0, 0.1) is 5.41 Å². The van der Waals surface area contributed by atoms with Crippen LogP contribution in [0.2, 0.25) is 0 Å². The van der Waals surface area contributed by atoms with Gasteiger partial charge in [0.2, 0.25) is 0 Å². The van der Waals surface area contributed by atoms with E-state index in [4.69, 9.17) is 0 Å². The molecule has 0 bridgehead atoms. The van der Waals surface area contributed by atoms with E-state index in [1.807, 2.05) is 0 Å². The molecule has 0 radical (unpaired) electrons. The van der Waals surface area contributed by atoms with E-state index in [2.05, 4.69) is 25.7 Å². The maximum absolute atomic E-state index is 3.75. The van der Waals surface area contributed by atoms with Crippen molar-refractivity contribution in [3.05, 3.63) is 0 Å². The first-order valence-electron chi connectivity index (χ1n) is 8.34. The lowest BCUT2D eigenvalue weighted by Gasteiger charge is -2.47. The summed E-state index contributed by atoms with van der Waals surface area (Å²) in [6.45, 7) is 6.78. The van der Waals surface area contributed by atoms with Crippen molar-refractivity contribution in [2.45, 2.75) is 57.4 Å². The highest BCUT2D eigenvalue weighted by atomic mass is 79.9. The van der Waals surface area contributed by atoms with E-state index < -0.39 is 0 Å². The minimum atomic E-state index is 0.637. The number of nitrogens with zero attached hydrogens (tertiary/aromatic N) is 2. The SMILES string of the molecule is BrCC1(CN2CCC(N3CCCCC3)CC2)CCC1. The van der Waals surface area contributed by atoms with Gasteiger partial charge >= 0.3 is 0 Å². The zero-order valence-electron chi connectivity index (χ0n) is 12.2. The molecule has 0 aromatic heterocycles. The maximum Gasteiger partial charge on any atom is 0.0120 e. The van der Waals surface area contributed by atoms with Crippen LogP contribution in [0.25, 0.3) is 0 Å². The predicted molar refractivity (Wildman–Crippen MR) is 85.0 cm³/mol. The van der Waals surface area contributed by atoms with Crippen molar-refractivity contribution in [3.8, 4) is 0 Å². The van der Waals surface area contributed by atoms with Crippen molar-refractivity contribution >= 4 is 15.9 Å². The number of piperidine rings is 2. The van der Waals surface area contributed by atoms with E-state index in [0.29, 0.717) is 5.41 Å². The molecule has 0 aromatic carbocycles. The van der Waals surface area contributed by atoms with Gasteiger partial charge in [0, 0.05) is 17.9 Å². The van der Waals surface area contributed by atoms with Gasteiger partial charge in [-0.25, -0.2) is 0 Å². The van der Waals surface area contributed by atoms with Crippen LogP contribution in [0.4, 0.5) is 0 Å². The monoisotopic (exact) mass is 328 g/mol. The molecule has 2 nitrogen and oxygen atoms in total. The Labute approximate surface area is 127 Å². The van der Waals surface area contributed by atoms with E-state index in [1.54, 1.807) is 0 Å². The molecule has 0 unspecified atom stereocenters. The molecule has 19 heavy (non-hydrogen) atoms. The molecule has 1 saturated carbocycles. The van der Waals surface area contributed by atoms with Gasteiger partial charge in [0.25, 0.3) is 0 Å². The first-order chi connectivity index (χ1) is 9.31. The summed E-state index contributed by atoms with van der Waals surface area (Å²) in [6.07, 6.45) is 11.5. The minimum absolute atomic E-state index is 0.637. The van der Waals surface area contributed by atoms with Crippen molar-refractivity contribution in [2.75, 3.05) is 38.1 Å². The smallest absolute Gasteiger partial charge is 0.0120 e. The molecule has 0 aromatic rings. The second-order valence-electron chi connectivity index (χ2n) is 7.09. The molecule has 3 aliphatic rings. The van der Waals surface area contributed by atoms with Crippen LogP contribution in [0.15, 0.2) is 0 Å². The Morgan fingerprint density at radius 1 is 0.895 bits per heavy atom. The number of alkyl halides is 1. The average Bonchev–Trinajstić information content (AvgIpc) is 2.45. The van der Waals surface area contributed by atoms with Crippen molar-refractivity contribution in [1.82, 2.24) is 9.80 Å². The summed E-state index contributed by atoms with van der Waals surface area (Å²) in [5.74, 6) is 0. The molecule has 2 heterocycles. The maximum atomic E-state index is 3.75. The van der Waals surface area contributed by atoms with Gasteiger partial charge in [-0.2, -0.15) is 0 Å². The Balaban J connectivity index is 1.44. The van der Waals surface area contributed by atoms with E-state index in [-0.39, 0.29) is 0 Å². The summed E-state index contributed by atoms with van der Waals surface area (Å²) in [5.41, 5.74) is 0.637. The van der Waals surface area contributed by atoms with E-state index in [1.165, 1.54) is 89.4 Å². The Kier molecular flexibility index (Phi) is 4.86. The normalized spacial score (nSPS) is 30.2. The van der Waals surface area contributed by atoms with Crippen LogP contribution in [0.5, 0.6) is 0 Å². The molecule has 0 spiro atoms. The van der Waals surface area contributed by atoms with Gasteiger partial charge in [0.05, 0.1) is 0 Å². The molecule has 0 atom stereocenters. The molecular weight excluding hydrogens is 300 g/mol. The van der Waals surface area contributed by atoms with Gasteiger partial charge in [0.15, 0.2) is 0 Å². The molecule has 3 rings (SSSR count). The summed E-state index contributed by atoms with van der Waals surface area (Å²) in [7, 11) is 0. The summed E-state index contributed by atoms with van der Waals surface area (Å²) < 4.78 is 0. The molecule has 2 aliphatic heterocycles. The van der Waals surface area contributed by atoms with Crippen LogP contribution in [0.1, 0.15) is 51.4 Å². The van der Waals surface area contributed by atoms with Crippen molar-refractivity contribution < 1.29 is 0 Å². The van der Waals surface area contributed by atoms with Crippen LogP contribution in [-0.2, 0) is 0 Å². The van der Waals surface area contributed by atoms with Crippen molar-refractivity contribution in [3.63, 3.8) is 0 Å². The van der Waals surface area contributed by atoms with Gasteiger partial charge in [-0.1, -0.05) is 28.8 Å². The molecule has 2 saturated heterocycles. The predicted octanol–water partition coefficient (Wildman–Crippen LogP) is 3.50. The standard InChI is InChI=1S/C16H29BrN2/c17-13-16(7-4-8-16)14-18-11-5-15(6-12-18)19-9-2-1-3-10-19/h15H,1-14H2. The highest BCUT2D eigenvalue weighted by molar-refractivity contribution is 9.09. The van der Waals surface area contributed by atoms with Gasteiger partial charge in [-0.15, -0.1) is 0 Å². The van der Waals surface area contributed by atoms with Crippen molar-refractivity contribution in [1.29, 1.82) is 0 Å². The third-order valence-electron chi connectivity index (χ3n) is 5.72. The molecule has 110 valence electrons. The molecular formula is C16H29BrN2. The number of hydrogen-bond donors (Lipinski definition) is 0. The highest BCUT2D eigenvalue weighted by Crippen LogP contribution is 2.43. The molecule has 0 N–H and O–H groups in total. The number of likely N-dealkylation sites (tertiary alicyclic amines) is 2. The molecule has 3 heteroatoms. The zero-order valence-corrected chi connectivity index (χ0v) is 13.8. The van der Waals surface area contributed by atoms with E-state index >= 15 is 0 Å². The van der Waals surface area contributed by atoms with E-state index in [9.17, 15) is 0 Å². The van der Waals surface area contributed by atoms with Crippen LogP contribution < -0.4 is 0 Å². The van der Waals surface area contributed by atoms with Crippen LogP contribution in [-0.4, -0.2) is 53.9 Å². The second-order valence-corrected chi connectivity index (χ2v) is 7.65.